The minimum Gasteiger partial charge on any atom is -0.493 e. The summed E-state index contributed by atoms with van der Waals surface area (Å²) in [7, 11) is 1.56. The van der Waals surface area contributed by atoms with Gasteiger partial charge in [0, 0.05) is 41.4 Å². The van der Waals surface area contributed by atoms with Gasteiger partial charge in [0.1, 0.15) is 6.54 Å². The summed E-state index contributed by atoms with van der Waals surface area (Å²) in [6, 6.07) is 21.6. The average molecular weight is 506 g/mol. The van der Waals surface area contributed by atoms with E-state index in [2.05, 4.69) is 29.6 Å². The van der Waals surface area contributed by atoms with Gasteiger partial charge < -0.3 is 14.8 Å². The SMILES string of the molecule is CC[n+]1ccc(C(=O)Oc2ccc(C3C4=C(CCCC4=O)Nc4ccc5ccccc5c43)cc2OC)cc1. The second-order valence-corrected chi connectivity index (χ2v) is 9.69. The highest BCUT2D eigenvalue weighted by molar-refractivity contribution is 6.04. The number of methoxy groups -OCH3 is 1. The van der Waals surface area contributed by atoms with Crippen molar-refractivity contribution in [3.8, 4) is 11.5 Å². The molecule has 2 heterocycles. The topological polar surface area (TPSA) is 68.5 Å². The molecule has 3 aromatic carbocycles. The molecule has 190 valence electrons. The largest absolute Gasteiger partial charge is 0.493 e. The van der Waals surface area contributed by atoms with E-state index in [0.29, 0.717) is 23.5 Å². The lowest BCUT2D eigenvalue weighted by Gasteiger charge is -2.35. The number of hydrogen-bond donors (Lipinski definition) is 1. The van der Waals surface area contributed by atoms with Crippen molar-refractivity contribution in [2.24, 2.45) is 0 Å². The summed E-state index contributed by atoms with van der Waals surface area (Å²) in [6.45, 7) is 2.86. The van der Waals surface area contributed by atoms with Crippen LogP contribution in [0.3, 0.4) is 0 Å². The number of allylic oxidation sites excluding steroid dienone is 2. The van der Waals surface area contributed by atoms with Crippen LogP contribution in [0, 0.1) is 0 Å². The van der Waals surface area contributed by atoms with Crippen LogP contribution in [0.2, 0.25) is 0 Å². The Morgan fingerprint density at radius 1 is 1.00 bits per heavy atom. The van der Waals surface area contributed by atoms with Crippen LogP contribution >= 0.6 is 0 Å². The van der Waals surface area contributed by atoms with Crippen LogP contribution in [0.5, 0.6) is 11.5 Å². The number of benzene rings is 3. The summed E-state index contributed by atoms with van der Waals surface area (Å²) >= 11 is 0. The van der Waals surface area contributed by atoms with E-state index in [0.717, 1.165) is 58.2 Å². The van der Waals surface area contributed by atoms with E-state index >= 15 is 0 Å². The number of carbonyl (C=O) groups excluding carboxylic acids is 2. The number of aromatic nitrogens is 1. The van der Waals surface area contributed by atoms with Crippen LogP contribution in [0.15, 0.2) is 90.4 Å². The van der Waals surface area contributed by atoms with Crippen LogP contribution in [-0.4, -0.2) is 18.9 Å². The number of hydrogen-bond acceptors (Lipinski definition) is 5. The van der Waals surface area contributed by atoms with Crippen LogP contribution in [0.1, 0.15) is 53.6 Å². The maximum absolute atomic E-state index is 13.3. The van der Waals surface area contributed by atoms with E-state index in [1.165, 1.54) is 0 Å². The first-order valence-electron chi connectivity index (χ1n) is 13.0. The van der Waals surface area contributed by atoms with Gasteiger partial charge in [-0.2, -0.15) is 0 Å². The van der Waals surface area contributed by atoms with Gasteiger partial charge in [0.25, 0.3) is 0 Å². The molecule has 1 aliphatic heterocycles. The molecule has 0 spiro atoms. The van der Waals surface area contributed by atoms with Gasteiger partial charge in [-0.05, 0) is 59.9 Å². The molecule has 0 radical (unpaired) electrons. The molecule has 0 amide bonds. The number of esters is 1. The molecule has 6 heteroatoms. The average Bonchev–Trinajstić information content (AvgIpc) is 2.96. The van der Waals surface area contributed by atoms with Gasteiger partial charge in [0.15, 0.2) is 29.7 Å². The first kappa shape index (κ1) is 23.9. The Labute approximate surface area is 221 Å². The molecular formula is C32H29N2O4+. The fourth-order valence-corrected chi connectivity index (χ4v) is 5.60. The molecule has 6 nitrogen and oxygen atoms in total. The van der Waals surface area contributed by atoms with Crippen molar-refractivity contribution < 1.29 is 23.6 Å². The first-order valence-corrected chi connectivity index (χ1v) is 13.0. The van der Waals surface area contributed by atoms with Gasteiger partial charge in [-0.15, -0.1) is 0 Å². The van der Waals surface area contributed by atoms with E-state index in [1.54, 1.807) is 25.3 Å². The molecular weight excluding hydrogens is 476 g/mol. The molecule has 4 aromatic rings. The second kappa shape index (κ2) is 9.78. The Morgan fingerprint density at radius 3 is 2.61 bits per heavy atom. The zero-order chi connectivity index (χ0) is 26.2. The summed E-state index contributed by atoms with van der Waals surface area (Å²) in [5, 5.41) is 5.80. The zero-order valence-electron chi connectivity index (χ0n) is 21.5. The predicted molar refractivity (Wildman–Crippen MR) is 146 cm³/mol. The fourth-order valence-electron chi connectivity index (χ4n) is 5.60. The Bertz CT molecular complexity index is 1600. The number of ketones is 1. The van der Waals surface area contributed by atoms with Crippen molar-refractivity contribution in [1.29, 1.82) is 0 Å². The van der Waals surface area contributed by atoms with Crippen molar-refractivity contribution >= 4 is 28.2 Å². The summed E-state index contributed by atoms with van der Waals surface area (Å²) in [6.07, 6.45) is 5.92. The monoisotopic (exact) mass is 505 g/mol. The number of aryl methyl sites for hydroxylation is 1. The van der Waals surface area contributed by atoms with Crippen molar-refractivity contribution in [2.75, 3.05) is 12.4 Å². The van der Waals surface area contributed by atoms with Crippen molar-refractivity contribution in [3.05, 3.63) is 107 Å². The number of Topliss-reactive ketones (excluding diaryl/α,β-unsaturated/α-hetero) is 1. The maximum Gasteiger partial charge on any atom is 0.344 e. The Morgan fingerprint density at radius 2 is 1.82 bits per heavy atom. The molecule has 0 saturated heterocycles. The third-order valence-electron chi connectivity index (χ3n) is 7.51. The van der Waals surface area contributed by atoms with E-state index < -0.39 is 5.97 Å². The molecule has 6 rings (SSSR count). The normalized spacial score (nSPS) is 16.5. The van der Waals surface area contributed by atoms with E-state index in [9.17, 15) is 9.59 Å². The maximum atomic E-state index is 13.3. The van der Waals surface area contributed by atoms with Crippen LogP contribution in [0.4, 0.5) is 5.69 Å². The molecule has 1 aromatic heterocycles. The molecule has 1 N–H and O–H groups in total. The predicted octanol–water partition coefficient (Wildman–Crippen LogP) is 5.94. The lowest BCUT2D eigenvalue weighted by atomic mass is 9.74. The van der Waals surface area contributed by atoms with Crippen molar-refractivity contribution in [1.82, 2.24) is 0 Å². The van der Waals surface area contributed by atoms with Crippen LogP contribution < -0.4 is 19.4 Å². The smallest absolute Gasteiger partial charge is 0.344 e. The van der Waals surface area contributed by atoms with Gasteiger partial charge in [-0.3, -0.25) is 4.79 Å². The number of anilines is 1. The number of nitrogens with zero attached hydrogens (tertiary/aromatic N) is 1. The number of pyridine rings is 1. The number of carbonyl (C=O) groups is 2. The number of fused-ring (bicyclic) bond motifs is 3. The highest BCUT2D eigenvalue weighted by Crippen LogP contribution is 2.49. The summed E-state index contributed by atoms with van der Waals surface area (Å²) in [5.74, 6) is 0.249. The number of nitrogens with one attached hydrogen (secondary N) is 1. The van der Waals surface area contributed by atoms with Crippen LogP contribution in [0.25, 0.3) is 10.8 Å². The van der Waals surface area contributed by atoms with E-state index in [1.807, 2.05) is 48.1 Å². The van der Waals surface area contributed by atoms with Crippen LogP contribution in [-0.2, 0) is 11.3 Å². The quantitative estimate of drug-likeness (QED) is 0.207. The highest BCUT2D eigenvalue weighted by atomic mass is 16.6. The van der Waals surface area contributed by atoms with Gasteiger partial charge in [0.05, 0.1) is 12.7 Å². The van der Waals surface area contributed by atoms with Gasteiger partial charge >= 0.3 is 5.97 Å². The Balaban J connectivity index is 1.43. The Hall–Kier alpha value is -4.45. The van der Waals surface area contributed by atoms with Crippen molar-refractivity contribution in [2.45, 2.75) is 38.6 Å². The lowest BCUT2D eigenvalue weighted by molar-refractivity contribution is -0.693. The third-order valence-corrected chi connectivity index (χ3v) is 7.51. The second-order valence-electron chi connectivity index (χ2n) is 9.69. The number of rotatable bonds is 5. The third kappa shape index (κ3) is 4.12. The molecule has 1 atom stereocenters. The molecule has 38 heavy (non-hydrogen) atoms. The number of ether oxygens (including phenoxy) is 2. The zero-order valence-corrected chi connectivity index (χ0v) is 21.5. The Kier molecular flexibility index (Phi) is 6.16. The molecule has 2 aliphatic rings. The molecule has 1 unspecified atom stereocenters. The van der Waals surface area contributed by atoms with E-state index in [4.69, 9.17) is 9.47 Å². The summed E-state index contributed by atoms with van der Waals surface area (Å²) in [4.78, 5) is 26.2. The molecule has 0 fully saturated rings. The lowest BCUT2D eigenvalue weighted by Crippen LogP contribution is -2.31. The first-order chi connectivity index (χ1) is 18.6. The van der Waals surface area contributed by atoms with E-state index in [-0.39, 0.29) is 11.7 Å². The highest BCUT2D eigenvalue weighted by Gasteiger charge is 2.36. The minimum atomic E-state index is -0.454. The molecule has 1 aliphatic carbocycles. The van der Waals surface area contributed by atoms with Gasteiger partial charge in [0.2, 0.25) is 0 Å². The fraction of sp³-hybridized carbons (Fsp3) is 0.219. The summed E-state index contributed by atoms with van der Waals surface area (Å²) < 4.78 is 13.4. The molecule has 0 bridgehead atoms. The standard InChI is InChI=1S/C32H28N2O4/c1-3-34-17-15-21(16-18-34)32(36)38-27-14-12-22(19-28(27)37-2)29-30-23-8-5-4-7-20(23)11-13-25(30)33-24-9-6-10-26(35)31(24)29/h4-5,7-8,11-19,29H,3,6,9-10H2,1-2H3/p+1. The minimum absolute atomic E-state index is 0.171. The van der Waals surface area contributed by atoms with Gasteiger partial charge in [-0.25, -0.2) is 9.36 Å². The summed E-state index contributed by atoms with van der Waals surface area (Å²) in [5.41, 5.74) is 5.30. The van der Waals surface area contributed by atoms with Gasteiger partial charge in [-0.1, -0.05) is 36.4 Å². The molecule has 0 saturated carbocycles. The van der Waals surface area contributed by atoms with Crippen molar-refractivity contribution in [3.63, 3.8) is 0 Å².